The summed E-state index contributed by atoms with van der Waals surface area (Å²) >= 11 is 0. The zero-order chi connectivity index (χ0) is 15.1. The van der Waals surface area contributed by atoms with Gasteiger partial charge in [0.05, 0.1) is 0 Å². The molecule has 1 aromatic carbocycles. The number of aryl methyl sites for hydroxylation is 1. The molecule has 1 aliphatic carbocycles. The van der Waals surface area contributed by atoms with Crippen molar-refractivity contribution in [2.75, 3.05) is 19.6 Å². The van der Waals surface area contributed by atoms with Crippen molar-refractivity contribution < 1.29 is 0 Å². The molecule has 0 aliphatic heterocycles. The lowest BCUT2D eigenvalue weighted by Crippen LogP contribution is -2.40. The molecular weight excluding hydrogens is 256 g/mol. The van der Waals surface area contributed by atoms with Crippen molar-refractivity contribution in [3.8, 4) is 0 Å². The Bertz CT molecular complexity index is 393. The highest BCUT2D eigenvalue weighted by Crippen LogP contribution is 2.25. The van der Waals surface area contributed by atoms with Gasteiger partial charge >= 0.3 is 0 Å². The highest BCUT2D eigenvalue weighted by atomic mass is 15.2. The predicted octanol–water partition coefficient (Wildman–Crippen LogP) is 4.30. The first kappa shape index (κ1) is 16.5. The highest BCUT2D eigenvalue weighted by Gasteiger charge is 2.24. The summed E-state index contributed by atoms with van der Waals surface area (Å²) in [6.07, 6.45) is 6.81. The standard InChI is InChI=1S/C19H32N2/c1-4-14-20-19(17-12-10-16(3)11-13-17)15-21(5-2)18-8-6-7-9-18/h10-13,18-20H,4-9,14-15H2,1-3H3. The maximum absolute atomic E-state index is 3.75. The van der Waals surface area contributed by atoms with Gasteiger partial charge in [0.1, 0.15) is 0 Å². The molecule has 0 spiro atoms. The molecule has 1 N–H and O–H groups in total. The predicted molar refractivity (Wildman–Crippen MR) is 91.7 cm³/mol. The van der Waals surface area contributed by atoms with E-state index in [0.717, 1.165) is 19.1 Å². The Morgan fingerprint density at radius 2 is 1.81 bits per heavy atom. The number of hydrogen-bond acceptors (Lipinski definition) is 2. The lowest BCUT2D eigenvalue weighted by atomic mass is 10.0. The molecule has 21 heavy (non-hydrogen) atoms. The van der Waals surface area contributed by atoms with Crippen LogP contribution in [0.15, 0.2) is 24.3 Å². The first-order valence-electron chi connectivity index (χ1n) is 8.78. The lowest BCUT2D eigenvalue weighted by molar-refractivity contribution is 0.186. The van der Waals surface area contributed by atoms with E-state index < -0.39 is 0 Å². The second-order valence-corrected chi connectivity index (χ2v) is 6.44. The minimum Gasteiger partial charge on any atom is -0.309 e. The average molecular weight is 288 g/mol. The first-order chi connectivity index (χ1) is 10.2. The number of hydrogen-bond donors (Lipinski definition) is 1. The largest absolute Gasteiger partial charge is 0.309 e. The maximum Gasteiger partial charge on any atom is 0.0449 e. The molecule has 1 unspecified atom stereocenters. The normalized spacial score (nSPS) is 17.5. The molecular formula is C19H32N2. The van der Waals surface area contributed by atoms with E-state index in [-0.39, 0.29) is 0 Å². The minimum absolute atomic E-state index is 0.464. The van der Waals surface area contributed by atoms with Crippen molar-refractivity contribution in [2.45, 2.75) is 65.0 Å². The molecule has 0 bridgehead atoms. The van der Waals surface area contributed by atoms with Crippen LogP contribution in [-0.4, -0.2) is 30.6 Å². The number of rotatable bonds is 8. The Morgan fingerprint density at radius 1 is 1.14 bits per heavy atom. The molecule has 0 saturated heterocycles. The third kappa shape index (κ3) is 4.82. The Morgan fingerprint density at radius 3 is 2.38 bits per heavy atom. The molecule has 2 nitrogen and oxygen atoms in total. The second kappa shape index (κ2) is 8.55. The fourth-order valence-corrected chi connectivity index (χ4v) is 3.45. The molecule has 1 atom stereocenters. The van der Waals surface area contributed by atoms with Gasteiger partial charge in [-0.1, -0.05) is 56.5 Å². The number of nitrogens with one attached hydrogen (secondary N) is 1. The zero-order valence-electron chi connectivity index (χ0n) is 14.1. The summed E-state index contributed by atoms with van der Waals surface area (Å²) in [5.41, 5.74) is 2.78. The van der Waals surface area contributed by atoms with E-state index in [1.54, 1.807) is 0 Å². The third-order valence-corrected chi connectivity index (χ3v) is 4.78. The van der Waals surface area contributed by atoms with E-state index in [9.17, 15) is 0 Å². The highest BCUT2D eigenvalue weighted by molar-refractivity contribution is 5.24. The minimum atomic E-state index is 0.464. The van der Waals surface area contributed by atoms with Gasteiger partial charge < -0.3 is 5.32 Å². The summed E-state index contributed by atoms with van der Waals surface area (Å²) < 4.78 is 0. The Labute approximate surface area is 130 Å². The van der Waals surface area contributed by atoms with E-state index in [2.05, 4.69) is 55.3 Å². The quantitative estimate of drug-likeness (QED) is 0.767. The summed E-state index contributed by atoms with van der Waals surface area (Å²) in [5.74, 6) is 0. The molecule has 1 saturated carbocycles. The van der Waals surface area contributed by atoms with Crippen LogP contribution in [0.5, 0.6) is 0 Å². The van der Waals surface area contributed by atoms with Gasteiger partial charge in [-0.2, -0.15) is 0 Å². The van der Waals surface area contributed by atoms with Crippen LogP contribution in [0.1, 0.15) is 63.1 Å². The van der Waals surface area contributed by atoms with E-state index in [0.29, 0.717) is 6.04 Å². The molecule has 2 heteroatoms. The summed E-state index contributed by atoms with van der Waals surface area (Å²) in [4.78, 5) is 2.69. The molecule has 0 aromatic heterocycles. The van der Waals surface area contributed by atoms with Crippen molar-refractivity contribution in [1.82, 2.24) is 10.2 Å². The Hall–Kier alpha value is -0.860. The molecule has 0 heterocycles. The van der Waals surface area contributed by atoms with Crippen molar-refractivity contribution in [2.24, 2.45) is 0 Å². The SMILES string of the molecule is CCCNC(CN(CC)C1CCCC1)c1ccc(C)cc1. The molecule has 118 valence electrons. The van der Waals surface area contributed by atoms with Gasteiger partial charge in [-0.15, -0.1) is 0 Å². The maximum atomic E-state index is 3.75. The van der Waals surface area contributed by atoms with Crippen molar-refractivity contribution in [3.63, 3.8) is 0 Å². The molecule has 0 amide bonds. The smallest absolute Gasteiger partial charge is 0.0449 e. The van der Waals surface area contributed by atoms with Crippen LogP contribution in [0, 0.1) is 6.92 Å². The van der Waals surface area contributed by atoms with Gasteiger partial charge in [-0.3, -0.25) is 4.90 Å². The van der Waals surface area contributed by atoms with Crippen LogP contribution < -0.4 is 5.32 Å². The first-order valence-corrected chi connectivity index (χ1v) is 8.78. The van der Waals surface area contributed by atoms with Crippen molar-refractivity contribution in [1.29, 1.82) is 0 Å². The average Bonchev–Trinajstić information content (AvgIpc) is 3.03. The molecule has 0 radical (unpaired) electrons. The summed E-state index contributed by atoms with van der Waals surface area (Å²) in [6.45, 7) is 10.1. The van der Waals surface area contributed by atoms with Gasteiger partial charge in [-0.25, -0.2) is 0 Å². The number of likely N-dealkylation sites (N-methyl/N-ethyl adjacent to an activating group) is 1. The van der Waals surface area contributed by atoms with Crippen LogP contribution in [0.3, 0.4) is 0 Å². The topological polar surface area (TPSA) is 15.3 Å². The second-order valence-electron chi connectivity index (χ2n) is 6.44. The number of nitrogens with zero attached hydrogens (tertiary/aromatic N) is 1. The van der Waals surface area contributed by atoms with E-state index >= 15 is 0 Å². The van der Waals surface area contributed by atoms with Gasteiger partial charge in [0.25, 0.3) is 0 Å². The van der Waals surface area contributed by atoms with E-state index in [1.165, 1.54) is 49.8 Å². The third-order valence-electron chi connectivity index (χ3n) is 4.78. The Balaban J connectivity index is 2.05. The fraction of sp³-hybridized carbons (Fsp3) is 0.684. The summed E-state index contributed by atoms with van der Waals surface area (Å²) in [7, 11) is 0. The Kier molecular flexibility index (Phi) is 6.72. The van der Waals surface area contributed by atoms with Gasteiger partial charge in [0, 0.05) is 18.6 Å². The van der Waals surface area contributed by atoms with Crippen LogP contribution in [0.2, 0.25) is 0 Å². The molecule has 1 aromatic rings. The molecule has 1 aliphatic rings. The van der Waals surface area contributed by atoms with Gasteiger partial charge in [-0.05, 0) is 44.8 Å². The fourth-order valence-electron chi connectivity index (χ4n) is 3.45. The van der Waals surface area contributed by atoms with Crippen molar-refractivity contribution in [3.05, 3.63) is 35.4 Å². The van der Waals surface area contributed by atoms with Gasteiger partial charge in [0.15, 0.2) is 0 Å². The van der Waals surface area contributed by atoms with E-state index in [1.807, 2.05) is 0 Å². The van der Waals surface area contributed by atoms with Crippen molar-refractivity contribution >= 4 is 0 Å². The summed E-state index contributed by atoms with van der Waals surface area (Å²) in [5, 5.41) is 3.75. The van der Waals surface area contributed by atoms with Crippen LogP contribution in [0.25, 0.3) is 0 Å². The molecule has 1 fully saturated rings. The lowest BCUT2D eigenvalue weighted by Gasteiger charge is -2.32. The summed E-state index contributed by atoms with van der Waals surface area (Å²) in [6, 6.07) is 10.3. The zero-order valence-corrected chi connectivity index (χ0v) is 14.1. The van der Waals surface area contributed by atoms with Crippen LogP contribution in [-0.2, 0) is 0 Å². The number of benzene rings is 1. The van der Waals surface area contributed by atoms with Crippen LogP contribution >= 0.6 is 0 Å². The van der Waals surface area contributed by atoms with Gasteiger partial charge in [0.2, 0.25) is 0 Å². The molecule has 2 rings (SSSR count). The van der Waals surface area contributed by atoms with Crippen LogP contribution in [0.4, 0.5) is 0 Å². The van der Waals surface area contributed by atoms with E-state index in [4.69, 9.17) is 0 Å². The monoisotopic (exact) mass is 288 g/mol.